The molecular formula is C35H41FN6O6. The number of halogens is 1. The third-order valence-corrected chi connectivity index (χ3v) is 9.18. The fraction of sp³-hybridized carbons (Fsp3) is 0.457. The molecule has 0 radical (unpaired) electrons. The molecule has 0 amide bonds. The largest absolute Gasteiger partial charge is 0.439 e. The summed E-state index contributed by atoms with van der Waals surface area (Å²) in [5.74, 6) is -0.457. The standard InChI is InChI=1S/C35H41FN6O6/c1-5-9-29-27(16-23-14-13-22(17-28(23)36)25-10-7-8-11-26(25)31-39-34(44)48-40-31)32(43)41(33-37-20-38-42(29)33)21(3)12-15-24(6-2)47-30-18-46-19-35(30,4)45/h7-8,10-11,13-14,17,20-21,24,30,45H,5-6,9,12,15-16,18-19H2,1-4H3,(H,39,40,44)/t21-,24-,30?,35?/m0/s1. The third-order valence-electron chi connectivity index (χ3n) is 9.18. The summed E-state index contributed by atoms with van der Waals surface area (Å²) in [7, 11) is 0. The monoisotopic (exact) mass is 660 g/mol. The van der Waals surface area contributed by atoms with Crippen molar-refractivity contribution in [1.29, 1.82) is 0 Å². The SMILES string of the molecule is CCCc1c(Cc2ccc(-c3ccccc3-c3noc(=O)[nH]3)cc2F)c(=O)n([C@@H](C)CC[C@H](CC)OC2COCC2(C)O)c2ncnn12. The number of hydrogen-bond donors (Lipinski definition) is 2. The molecule has 0 bridgehead atoms. The maximum absolute atomic E-state index is 15.9. The van der Waals surface area contributed by atoms with Gasteiger partial charge in [-0.2, -0.15) is 10.1 Å². The molecule has 1 saturated heterocycles. The molecule has 3 aromatic heterocycles. The molecule has 1 aliphatic rings. The summed E-state index contributed by atoms with van der Waals surface area (Å²) in [6.45, 7) is 8.32. The van der Waals surface area contributed by atoms with Gasteiger partial charge in [-0.05, 0) is 62.3 Å². The number of hydrogen-bond acceptors (Lipinski definition) is 9. The van der Waals surface area contributed by atoms with Crippen LogP contribution in [0.4, 0.5) is 4.39 Å². The molecule has 2 unspecified atom stereocenters. The number of benzene rings is 2. The van der Waals surface area contributed by atoms with E-state index >= 15 is 4.39 Å². The lowest BCUT2D eigenvalue weighted by atomic mass is 9.95. The molecule has 4 heterocycles. The molecule has 2 aromatic carbocycles. The molecule has 254 valence electrons. The summed E-state index contributed by atoms with van der Waals surface area (Å²) in [6.07, 6.45) is 4.30. The van der Waals surface area contributed by atoms with E-state index in [9.17, 15) is 14.7 Å². The van der Waals surface area contributed by atoms with Crippen LogP contribution < -0.4 is 11.3 Å². The van der Waals surface area contributed by atoms with Gasteiger partial charge in [0.15, 0.2) is 5.82 Å². The van der Waals surface area contributed by atoms with Crippen LogP contribution in [0.3, 0.4) is 0 Å². The van der Waals surface area contributed by atoms with Crippen molar-refractivity contribution in [2.75, 3.05) is 13.2 Å². The molecule has 48 heavy (non-hydrogen) atoms. The molecule has 5 aromatic rings. The van der Waals surface area contributed by atoms with E-state index in [1.54, 1.807) is 40.3 Å². The normalized spacial score (nSPS) is 19.2. The highest BCUT2D eigenvalue weighted by Gasteiger charge is 2.40. The number of H-pyrrole nitrogens is 1. The second-order valence-electron chi connectivity index (χ2n) is 12.7. The highest BCUT2D eigenvalue weighted by atomic mass is 19.1. The zero-order chi connectivity index (χ0) is 34.0. The van der Waals surface area contributed by atoms with Gasteiger partial charge in [0, 0.05) is 23.6 Å². The van der Waals surface area contributed by atoms with Crippen LogP contribution in [0.15, 0.2) is 62.9 Å². The maximum Gasteiger partial charge on any atom is 0.439 e. The predicted octanol–water partition coefficient (Wildman–Crippen LogP) is 4.87. The van der Waals surface area contributed by atoms with Crippen molar-refractivity contribution in [3.05, 3.63) is 92.3 Å². The van der Waals surface area contributed by atoms with E-state index in [2.05, 4.69) is 24.7 Å². The molecule has 0 aliphatic carbocycles. The topological polar surface area (TPSA) is 150 Å². The lowest BCUT2D eigenvalue weighted by molar-refractivity contribution is -0.102. The molecular weight excluding hydrogens is 619 g/mol. The highest BCUT2D eigenvalue weighted by molar-refractivity contribution is 5.80. The second-order valence-corrected chi connectivity index (χ2v) is 12.7. The molecule has 13 heteroatoms. The van der Waals surface area contributed by atoms with Gasteiger partial charge in [-0.15, -0.1) is 0 Å². The highest BCUT2D eigenvalue weighted by Crippen LogP contribution is 2.32. The molecule has 0 saturated carbocycles. The minimum Gasteiger partial charge on any atom is -0.385 e. The summed E-state index contributed by atoms with van der Waals surface area (Å²) in [4.78, 5) is 32.9. The van der Waals surface area contributed by atoms with Crippen molar-refractivity contribution in [3.8, 4) is 22.5 Å². The molecule has 1 aliphatic heterocycles. The summed E-state index contributed by atoms with van der Waals surface area (Å²) in [5.41, 5.74) is 2.12. The van der Waals surface area contributed by atoms with Crippen molar-refractivity contribution in [2.45, 2.75) is 90.1 Å². The van der Waals surface area contributed by atoms with Gasteiger partial charge in [0.05, 0.1) is 25.0 Å². The zero-order valence-corrected chi connectivity index (χ0v) is 27.6. The van der Waals surface area contributed by atoms with Crippen LogP contribution in [-0.4, -0.2) is 65.4 Å². The number of fused-ring (bicyclic) bond motifs is 1. The van der Waals surface area contributed by atoms with E-state index < -0.39 is 23.3 Å². The minimum absolute atomic E-state index is 0.0680. The van der Waals surface area contributed by atoms with Crippen molar-refractivity contribution < 1.29 is 23.5 Å². The van der Waals surface area contributed by atoms with Crippen LogP contribution in [0, 0.1) is 5.82 Å². The first-order valence-corrected chi connectivity index (χ1v) is 16.5. The average Bonchev–Trinajstić information content (AvgIpc) is 3.81. The van der Waals surface area contributed by atoms with E-state index in [0.717, 1.165) is 12.8 Å². The Morgan fingerprint density at radius 1 is 1.17 bits per heavy atom. The van der Waals surface area contributed by atoms with Gasteiger partial charge in [0.2, 0.25) is 5.78 Å². The first-order valence-electron chi connectivity index (χ1n) is 16.5. The number of aryl methyl sites for hydroxylation is 1. The van der Waals surface area contributed by atoms with Crippen LogP contribution in [0.5, 0.6) is 0 Å². The Bertz CT molecular complexity index is 2010. The number of ether oxygens (including phenoxy) is 2. The molecule has 0 spiro atoms. The van der Waals surface area contributed by atoms with Gasteiger partial charge < -0.3 is 14.6 Å². The van der Waals surface area contributed by atoms with Gasteiger partial charge in [-0.1, -0.05) is 61.8 Å². The molecule has 2 N–H and O–H groups in total. The average molecular weight is 661 g/mol. The number of aliphatic hydroxyl groups is 1. The smallest absolute Gasteiger partial charge is 0.385 e. The van der Waals surface area contributed by atoms with Crippen LogP contribution in [0.25, 0.3) is 28.3 Å². The molecule has 4 atom stereocenters. The lowest BCUT2D eigenvalue weighted by Crippen LogP contribution is -2.42. The van der Waals surface area contributed by atoms with E-state index in [4.69, 9.17) is 9.47 Å². The molecule has 6 rings (SSSR count). The molecule has 12 nitrogen and oxygen atoms in total. The zero-order valence-electron chi connectivity index (χ0n) is 27.6. The van der Waals surface area contributed by atoms with Crippen LogP contribution in [0.1, 0.15) is 76.2 Å². The Hall–Kier alpha value is -4.46. The van der Waals surface area contributed by atoms with Gasteiger partial charge in [-0.3, -0.25) is 18.9 Å². The Morgan fingerprint density at radius 2 is 1.96 bits per heavy atom. The Kier molecular flexibility index (Phi) is 9.72. The summed E-state index contributed by atoms with van der Waals surface area (Å²) < 4.78 is 35.6. The fourth-order valence-electron chi connectivity index (χ4n) is 6.47. The van der Waals surface area contributed by atoms with E-state index in [1.165, 1.54) is 12.4 Å². The Morgan fingerprint density at radius 3 is 2.62 bits per heavy atom. The second kappa shape index (κ2) is 14.0. The van der Waals surface area contributed by atoms with E-state index in [-0.39, 0.29) is 36.6 Å². The van der Waals surface area contributed by atoms with E-state index in [0.29, 0.717) is 65.2 Å². The molecule has 1 fully saturated rings. The predicted molar refractivity (Wildman–Crippen MR) is 176 cm³/mol. The first-order chi connectivity index (χ1) is 23.1. The van der Waals surface area contributed by atoms with E-state index in [1.807, 2.05) is 32.9 Å². The summed E-state index contributed by atoms with van der Waals surface area (Å²) in [5, 5.41) is 18.9. The number of rotatable bonds is 13. The van der Waals surface area contributed by atoms with Gasteiger partial charge in [-0.25, -0.2) is 13.7 Å². The number of nitrogens with one attached hydrogen (secondary N) is 1. The maximum atomic E-state index is 15.9. The lowest BCUT2D eigenvalue weighted by Gasteiger charge is -2.28. The van der Waals surface area contributed by atoms with Crippen LogP contribution >= 0.6 is 0 Å². The van der Waals surface area contributed by atoms with Crippen LogP contribution in [-0.2, 0) is 22.3 Å². The first kappa shape index (κ1) is 33.4. The quantitative estimate of drug-likeness (QED) is 0.180. The third kappa shape index (κ3) is 6.62. The summed E-state index contributed by atoms with van der Waals surface area (Å²) in [6, 6.07) is 11.8. The Balaban J connectivity index is 1.30. The van der Waals surface area contributed by atoms with Crippen molar-refractivity contribution >= 4 is 5.78 Å². The van der Waals surface area contributed by atoms with Crippen molar-refractivity contribution in [3.63, 3.8) is 0 Å². The summed E-state index contributed by atoms with van der Waals surface area (Å²) >= 11 is 0. The van der Waals surface area contributed by atoms with Gasteiger partial charge >= 0.3 is 5.76 Å². The van der Waals surface area contributed by atoms with Crippen molar-refractivity contribution in [2.24, 2.45) is 0 Å². The van der Waals surface area contributed by atoms with Crippen LogP contribution in [0.2, 0.25) is 0 Å². The number of nitrogens with zero attached hydrogens (tertiary/aromatic N) is 5. The number of aromatic amines is 1. The van der Waals surface area contributed by atoms with Gasteiger partial charge in [0.25, 0.3) is 5.56 Å². The van der Waals surface area contributed by atoms with Gasteiger partial charge in [0.1, 0.15) is 23.8 Å². The number of aromatic nitrogens is 6. The Labute approximate surface area is 276 Å². The van der Waals surface area contributed by atoms with Crippen molar-refractivity contribution in [1.82, 2.24) is 29.3 Å². The minimum atomic E-state index is -1.04. The fourth-order valence-corrected chi connectivity index (χ4v) is 6.47.